The fourth-order valence-electron chi connectivity index (χ4n) is 2.61. The van der Waals surface area contributed by atoms with E-state index in [1.165, 1.54) is 36.5 Å². The molecule has 0 aliphatic rings. The van der Waals surface area contributed by atoms with Gasteiger partial charge in [-0.05, 0) is 0 Å². The van der Waals surface area contributed by atoms with Crippen molar-refractivity contribution >= 4 is 50.2 Å². The molecule has 136 valence electrons. The van der Waals surface area contributed by atoms with Gasteiger partial charge in [0.1, 0.15) is 0 Å². The maximum atomic E-state index is 2.20. The van der Waals surface area contributed by atoms with Crippen LogP contribution in [0.2, 0.25) is 0 Å². The van der Waals surface area contributed by atoms with E-state index in [4.69, 9.17) is 0 Å². The maximum absolute atomic E-state index is 2.20. The molecule has 4 aromatic carbocycles. The Kier molecular flexibility index (Phi) is 11.7. The summed E-state index contributed by atoms with van der Waals surface area (Å²) in [7, 11) is 0. The number of halogens is 2. The molecule has 0 aromatic heterocycles. The van der Waals surface area contributed by atoms with Crippen molar-refractivity contribution in [3.63, 3.8) is 0 Å². The zero-order valence-corrected chi connectivity index (χ0v) is 18.9. The standard InChI is InChI=1S/2C10H9.C3H6.2ClH.Ti/c2*1-8-6-9-4-2-3-5-10(9)7-8;1-3-2;;;/h2*2-7H,1H3;1-2H3;2*1H;/q2*-1;;;;+2. The second-order valence-corrected chi connectivity index (χ2v) is 7.88. The van der Waals surface area contributed by atoms with Crippen LogP contribution >= 0.6 is 24.8 Å². The molecule has 4 aromatic rings. The molecule has 0 radical (unpaired) electrons. The smallest absolute Gasteiger partial charge is 0.0579 e. The van der Waals surface area contributed by atoms with Crippen LogP contribution in [0.5, 0.6) is 0 Å². The first-order valence-electron chi connectivity index (χ1n) is 8.21. The molecule has 0 aliphatic carbocycles. The monoisotopic (exact) mass is 420 g/mol. The van der Waals surface area contributed by atoms with Crippen molar-refractivity contribution in [2.45, 2.75) is 27.7 Å². The molecule has 0 aliphatic heterocycles. The first-order chi connectivity index (χ1) is 11.5. The molecule has 0 unspecified atom stereocenters. The van der Waals surface area contributed by atoms with E-state index in [9.17, 15) is 0 Å². The van der Waals surface area contributed by atoms with Crippen molar-refractivity contribution in [1.29, 1.82) is 0 Å². The van der Waals surface area contributed by atoms with E-state index in [1.54, 1.807) is 0 Å². The quantitative estimate of drug-likeness (QED) is 0.206. The van der Waals surface area contributed by atoms with E-state index < -0.39 is 0 Å². The number of hydrogen-bond donors (Lipinski definition) is 0. The average molecular weight is 421 g/mol. The Labute approximate surface area is 181 Å². The summed E-state index contributed by atoms with van der Waals surface area (Å²) in [6.45, 7) is 8.42. The summed E-state index contributed by atoms with van der Waals surface area (Å²) >= 11 is 2.08. The summed E-state index contributed by atoms with van der Waals surface area (Å²) in [5, 5.41) is 5.39. The van der Waals surface area contributed by atoms with Crippen LogP contribution in [0.25, 0.3) is 21.5 Å². The summed E-state index contributed by atoms with van der Waals surface area (Å²) in [5.74, 6) is 0. The normalized spacial score (nSPS) is 9.15. The molecule has 0 nitrogen and oxygen atoms in total. The van der Waals surface area contributed by atoms with Crippen LogP contribution in [0.4, 0.5) is 0 Å². The Morgan fingerprint density at radius 3 is 1.31 bits per heavy atom. The zero-order chi connectivity index (χ0) is 17.5. The largest absolute Gasteiger partial charge is 0.165 e. The number of aryl methyl sites for hydroxylation is 2. The number of rotatable bonds is 0. The molecule has 0 saturated carbocycles. The Morgan fingerprint density at radius 2 is 1.00 bits per heavy atom. The Hall–Kier alpha value is -1.18. The van der Waals surface area contributed by atoms with E-state index in [0.29, 0.717) is 0 Å². The van der Waals surface area contributed by atoms with Crippen molar-refractivity contribution in [2.75, 3.05) is 0 Å². The van der Waals surface area contributed by atoms with E-state index >= 15 is 0 Å². The number of fused-ring (bicyclic) bond motifs is 2. The van der Waals surface area contributed by atoms with E-state index in [-0.39, 0.29) is 24.8 Å². The second kappa shape index (κ2) is 12.3. The van der Waals surface area contributed by atoms with Crippen molar-refractivity contribution in [3.8, 4) is 0 Å². The molecular weight excluding hydrogens is 395 g/mol. The van der Waals surface area contributed by atoms with Crippen molar-refractivity contribution in [3.05, 3.63) is 83.9 Å². The van der Waals surface area contributed by atoms with Gasteiger partial charge in [0.05, 0.1) is 0 Å². The Morgan fingerprint density at radius 1 is 0.692 bits per heavy atom. The Bertz CT molecular complexity index is 789. The number of hydrogen-bond acceptors (Lipinski definition) is 0. The Balaban J connectivity index is 0.000000378. The van der Waals surface area contributed by atoms with Crippen LogP contribution < -0.4 is 0 Å². The molecule has 0 amide bonds. The second-order valence-electron chi connectivity index (χ2n) is 6.32. The van der Waals surface area contributed by atoms with E-state index in [0.717, 1.165) is 0 Å². The molecule has 4 rings (SSSR count). The van der Waals surface area contributed by atoms with Gasteiger partial charge < -0.3 is 0 Å². The third-order valence-corrected chi connectivity index (χ3v) is 3.52. The fourth-order valence-corrected chi connectivity index (χ4v) is 2.61. The van der Waals surface area contributed by atoms with Crippen molar-refractivity contribution in [2.24, 2.45) is 0 Å². The van der Waals surface area contributed by atoms with Crippen LogP contribution in [0.3, 0.4) is 0 Å². The predicted octanol–water partition coefficient (Wildman–Crippen LogP) is 7.32. The minimum absolute atomic E-state index is 0. The van der Waals surface area contributed by atoms with Gasteiger partial charge in [0.25, 0.3) is 0 Å². The summed E-state index contributed by atoms with van der Waals surface area (Å²) in [6, 6.07) is 25.7. The minimum atomic E-state index is 0. The maximum Gasteiger partial charge on any atom is -0.0579 e. The SMILES string of the molecule is C[C](C)=[Ti+2].Cc1cc2ccccc2[cH-]1.Cc1cc2ccccc2[cH-]1.Cl.Cl. The van der Waals surface area contributed by atoms with Crippen LogP contribution in [0.15, 0.2) is 72.8 Å². The summed E-state index contributed by atoms with van der Waals surface area (Å²) < 4.78 is 1.42. The molecule has 0 N–H and O–H groups in total. The molecule has 0 spiro atoms. The van der Waals surface area contributed by atoms with Gasteiger partial charge in [-0.15, -0.1) is 106 Å². The van der Waals surface area contributed by atoms with Gasteiger partial charge >= 0.3 is 37.6 Å². The number of benzene rings is 2. The average Bonchev–Trinajstić information content (AvgIpc) is 3.07. The van der Waals surface area contributed by atoms with Crippen LogP contribution in [-0.2, 0) is 20.0 Å². The zero-order valence-electron chi connectivity index (χ0n) is 15.7. The molecule has 0 heterocycles. The third-order valence-electron chi connectivity index (χ3n) is 3.52. The summed E-state index contributed by atoms with van der Waals surface area (Å²) in [5.41, 5.74) is 2.70. The first-order valence-corrected chi connectivity index (χ1v) is 8.99. The van der Waals surface area contributed by atoms with Crippen LogP contribution in [0, 0.1) is 13.8 Å². The summed E-state index contributed by atoms with van der Waals surface area (Å²) in [6.07, 6.45) is 0. The predicted molar refractivity (Wildman–Crippen MR) is 119 cm³/mol. The topological polar surface area (TPSA) is 0 Å². The van der Waals surface area contributed by atoms with Crippen molar-refractivity contribution < 1.29 is 20.0 Å². The molecule has 0 saturated heterocycles. The first kappa shape index (κ1) is 24.8. The molecule has 0 bridgehead atoms. The van der Waals surface area contributed by atoms with Gasteiger partial charge in [0.2, 0.25) is 0 Å². The van der Waals surface area contributed by atoms with E-state index in [2.05, 4.69) is 120 Å². The van der Waals surface area contributed by atoms with Crippen LogP contribution in [-0.4, -0.2) is 3.81 Å². The van der Waals surface area contributed by atoms with Gasteiger partial charge in [-0.2, -0.15) is 12.1 Å². The molecule has 26 heavy (non-hydrogen) atoms. The van der Waals surface area contributed by atoms with Crippen LogP contribution in [0.1, 0.15) is 25.0 Å². The van der Waals surface area contributed by atoms with Gasteiger partial charge in [-0.3, -0.25) is 0 Å². The van der Waals surface area contributed by atoms with Gasteiger partial charge in [-0.25, -0.2) is 0 Å². The fraction of sp³-hybridized carbons (Fsp3) is 0.174. The van der Waals surface area contributed by atoms with Crippen molar-refractivity contribution in [1.82, 2.24) is 0 Å². The third kappa shape index (κ3) is 8.02. The molecular formula is C23H26Cl2Ti. The molecule has 3 heteroatoms. The molecule has 0 atom stereocenters. The summed E-state index contributed by atoms with van der Waals surface area (Å²) in [4.78, 5) is 0. The van der Waals surface area contributed by atoms with Gasteiger partial charge in [-0.1, -0.05) is 26.0 Å². The van der Waals surface area contributed by atoms with Gasteiger partial charge in [0.15, 0.2) is 0 Å². The minimum Gasteiger partial charge on any atom is -0.165 e. The van der Waals surface area contributed by atoms with E-state index in [1.807, 2.05) is 0 Å². The van der Waals surface area contributed by atoms with Gasteiger partial charge in [0, 0.05) is 0 Å². The molecule has 0 fully saturated rings.